The molecule has 0 aromatic carbocycles. The zero-order valence-electron chi connectivity index (χ0n) is 8.07. The number of aliphatic hydroxyl groups excluding tert-OH is 1. The van der Waals surface area contributed by atoms with Crippen LogP contribution in [0.5, 0.6) is 0 Å². The number of rotatable bonds is 6. The molecule has 0 radical (unpaired) electrons. The van der Waals surface area contributed by atoms with Crippen molar-refractivity contribution in [3.05, 3.63) is 24.0 Å². The highest BCUT2D eigenvalue weighted by Crippen LogP contribution is 2.01. The van der Waals surface area contributed by atoms with E-state index in [0.717, 1.165) is 31.9 Å². The quantitative estimate of drug-likeness (QED) is 0.677. The summed E-state index contributed by atoms with van der Waals surface area (Å²) in [6, 6.07) is 3.85. The molecule has 1 N–H and O–H groups in total. The van der Waals surface area contributed by atoms with Gasteiger partial charge in [0, 0.05) is 25.0 Å². The van der Waals surface area contributed by atoms with Gasteiger partial charge in [0.25, 0.3) is 0 Å². The van der Waals surface area contributed by atoms with E-state index >= 15 is 0 Å². The van der Waals surface area contributed by atoms with E-state index in [1.165, 1.54) is 0 Å². The summed E-state index contributed by atoms with van der Waals surface area (Å²) in [5.74, 6) is 0. The molecular weight excluding hydrogens is 166 g/mol. The lowest BCUT2D eigenvalue weighted by Gasteiger charge is -2.07. The van der Waals surface area contributed by atoms with E-state index in [4.69, 9.17) is 9.84 Å². The standard InChI is InChI=1S/C10H17NO2/c1-2-7-13-8-6-11-5-3-4-10(11)9-12/h3-5,12H,2,6-9H2,1H3. The number of ether oxygens (including phenoxy) is 1. The molecule has 0 spiro atoms. The highest BCUT2D eigenvalue weighted by Gasteiger charge is 1.97. The van der Waals surface area contributed by atoms with Gasteiger partial charge in [0.05, 0.1) is 13.2 Å². The third-order valence-electron chi connectivity index (χ3n) is 1.91. The van der Waals surface area contributed by atoms with Crippen molar-refractivity contribution >= 4 is 0 Å². The molecule has 0 saturated carbocycles. The number of aromatic nitrogens is 1. The van der Waals surface area contributed by atoms with Crippen molar-refractivity contribution in [2.24, 2.45) is 0 Å². The van der Waals surface area contributed by atoms with E-state index in [0.29, 0.717) is 0 Å². The Morgan fingerprint density at radius 3 is 3.00 bits per heavy atom. The predicted octanol–water partition coefficient (Wildman–Crippen LogP) is 1.41. The minimum absolute atomic E-state index is 0.0980. The molecule has 74 valence electrons. The fraction of sp³-hybridized carbons (Fsp3) is 0.600. The Labute approximate surface area is 78.9 Å². The van der Waals surface area contributed by atoms with Crippen LogP contribution in [0.4, 0.5) is 0 Å². The van der Waals surface area contributed by atoms with Crippen molar-refractivity contribution in [3.63, 3.8) is 0 Å². The lowest BCUT2D eigenvalue weighted by atomic mass is 10.4. The lowest BCUT2D eigenvalue weighted by Crippen LogP contribution is -2.08. The van der Waals surface area contributed by atoms with Gasteiger partial charge in [0.2, 0.25) is 0 Å². The number of aliphatic hydroxyl groups is 1. The molecule has 0 atom stereocenters. The van der Waals surface area contributed by atoms with Crippen LogP contribution in [0.2, 0.25) is 0 Å². The molecule has 0 bridgehead atoms. The topological polar surface area (TPSA) is 34.4 Å². The molecule has 13 heavy (non-hydrogen) atoms. The molecule has 0 fully saturated rings. The van der Waals surface area contributed by atoms with Gasteiger partial charge in [-0.3, -0.25) is 0 Å². The van der Waals surface area contributed by atoms with Gasteiger partial charge < -0.3 is 14.4 Å². The molecule has 1 aromatic rings. The molecule has 0 amide bonds. The second-order valence-corrected chi connectivity index (χ2v) is 2.96. The fourth-order valence-corrected chi connectivity index (χ4v) is 1.22. The Morgan fingerprint density at radius 1 is 1.46 bits per heavy atom. The molecule has 3 heteroatoms. The molecule has 1 rings (SSSR count). The fourth-order valence-electron chi connectivity index (χ4n) is 1.22. The Bertz CT molecular complexity index is 233. The molecule has 1 heterocycles. The first-order valence-corrected chi connectivity index (χ1v) is 4.71. The zero-order chi connectivity index (χ0) is 9.52. The number of nitrogens with zero attached hydrogens (tertiary/aromatic N) is 1. The minimum Gasteiger partial charge on any atom is -0.390 e. The van der Waals surface area contributed by atoms with Crippen molar-refractivity contribution in [1.29, 1.82) is 0 Å². The maximum absolute atomic E-state index is 8.95. The summed E-state index contributed by atoms with van der Waals surface area (Å²) in [4.78, 5) is 0. The smallest absolute Gasteiger partial charge is 0.0832 e. The van der Waals surface area contributed by atoms with E-state index in [2.05, 4.69) is 6.92 Å². The lowest BCUT2D eigenvalue weighted by molar-refractivity contribution is 0.125. The van der Waals surface area contributed by atoms with E-state index in [9.17, 15) is 0 Å². The Kier molecular flexibility index (Phi) is 4.57. The first kappa shape index (κ1) is 10.3. The van der Waals surface area contributed by atoms with E-state index < -0.39 is 0 Å². The van der Waals surface area contributed by atoms with Gasteiger partial charge in [-0.1, -0.05) is 6.92 Å². The van der Waals surface area contributed by atoms with Crippen LogP contribution in [-0.4, -0.2) is 22.9 Å². The molecule has 3 nitrogen and oxygen atoms in total. The summed E-state index contributed by atoms with van der Waals surface area (Å²) < 4.78 is 7.36. The largest absolute Gasteiger partial charge is 0.390 e. The van der Waals surface area contributed by atoms with Crippen LogP contribution in [0.15, 0.2) is 18.3 Å². The van der Waals surface area contributed by atoms with Gasteiger partial charge in [-0.25, -0.2) is 0 Å². The third-order valence-corrected chi connectivity index (χ3v) is 1.91. The highest BCUT2D eigenvalue weighted by atomic mass is 16.5. The average Bonchev–Trinajstić information content (AvgIpc) is 2.60. The normalized spacial score (nSPS) is 10.6. The molecular formula is C10H17NO2. The van der Waals surface area contributed by atoms with Crippen LogP contribution >= 0.6 is 0 Å². The van der Waals surface area contributed by atoms with Crippen molar-refractivity contribution in [3.8, 4) is 0 Å². The summed E-state index contributed by atoms with van der Waals surface area (Å²) in [5.41, 5.74) is 0.945. The molecule has 0 aliphatic carbocycles. The van der Waals surface area contributed by atoms with Gasteiger partial charge in [-0.2, -0.15) is 0 Å². The Morgan fingerprint density at radius 2 is 2.31 bits per heavy atom. The maximum Gasteiger partial charge on any atom is 0.0832 e. The SMILES string of the molecule is CCCOCCn1cccc1CO. The van der Waals surface area contributed by atoms with Crippen molar-refractivity contribution in [1.82, 2.24) is 4.57 Å². The monoisotopic (exact) mass is 183 g/mol. The molecule has 1 aromatic heterocycles. The second kappa shape index (κ2) is 5.78. The molecule has 0 saturated heterocycles. The second-order valence-electron chi connectivity index (χ2n) is 2.96. The number of hydrogen-bond donors (Lipinski definition) is 1. The molecule has 0 unspecified atom stereocenters. The van der Waals surface area contributed by atoms with Crippen LogP contribution in [0, 0.1) is 0 Å². The van der Waals surface area contributed by atoms with Crippen molar-refractivity contribution in [2.75, 3.05) is 13.2 Å². The van der Waals surface area contributed by atoms with E-state index in [1.807, 2.05) is 22.9 Å². The first-order valence-electron chi connectivity index (χ1n) is 4.71. The van der Waals surface area contributed by atoms with Gasteiger partial charge in [-0.15, -0.1) is 0 Å². The maximum atomic E-state index is 8.95. The third kappa shape index (κ3) is 3.20. The highest BCUT2D eigenvalue weighted by molar-refractivity contribution is 5.05. The minimum atomic E-state index is 0.0980. The van der Waals surface area contributed by atoms with E-state index in [1.54, 1.807) is 0 Å². The molecule has 0 aliphatic rings. The van der Waals surface area contributed by atoms with Crippen LogP contribution < -0.4 is 0 Å². The van der Waals surface area contributed by atoms with Gasteiger partial charge in [0.15, 0.2) is 0 Å². The van der Waals surface area contributed by atoms with Gasteiger partial charge in [0.1, 0.15) is 0 Å². The number of hydrogen-bond acceptors (Lipinski definition) is 2. The summed E-state index contributed by atoms with van der Waals surface area (Å²) in [6.45, 7) is 4.55. The summed E-state index contributed by atoms with van der Waals surface area (Å²) in [7, 11) is 0. The van der Waals surface area contributed by atoms with Crippen molar-refractivity contribution in [2.45, 2.75) is 26.5 Å². The Hall–Kier alpha value is -0.800. The average molecular weight is 183 g/mol. The predicted molar refractivity (Wildman–Crippen MR) is 51.5 cm³/mol. The van der Waals surface area contributed by atoms with Crippen LogP contribution in [0.1, 0.15) is 19.0 Å². The van der Waals surface area contributed by atoms with Crippen LogP contribution in [0.3, 0.4) is 0 Å². The molecule has 0 aliphatic heterocycles. The van der Waals surface area contributed by atoms with E-state index in [-0.39, 0.29) is 6.61 Å². The van der Waals surface area contributed by atoms with Crippen LogP contribution in [-0.2, 0) is 17.9 Å². The van der Waals surface area contributed by atoms with Gasteiger partial charge in [-0.05, 0) is 18.6 Å². The zero-order valence-corrected chi connectivity index (χ0v) is 8.07. The first-order chi connectivity index (χ1) is 6.38. The summed E-state index contributed by atoms with van der Waals surface area (Å²) in [5, 5.41) is 8.95. The van der Waals surface area contributed by atoms with Gasteiger partial charge >= 0.3 is 0 Å². The van der Waals surface area contributed by atoms with Crippen LogP contribution in [0.25, 0.3) is 0 Å². The van der Waals surface area contributed by atoms with Crippen molar-refractivity contribution < 1.29 is 9.84 Å². The summed E-state index contributed by atoms with van der Waals surface area (Å²) in [6.07, 6.45) is 3.01. The summed E-state index contributed by atoms with van der Waals surface area (Å²) >= 11 is 0. The Balaban J connectivity index is 2.27.